The standard InChI is InChI=1S/C13H13F4NO2S/c14-10-2-1-8(5-9(10)13(15,16)17)11(19)18-6-12(20)3-4-21-7-12/h1-2,5,20H,3-4,6-7H2,(H,18,19). The van der Waals surface area contributed by atoms with Crippen molar-refractivity contribution < 1.29 is 27.5 Å². The van der Waals surface area contributed by atoms with Gasteiger partial charge in [-0.15, -0.1) is 0 Å². The third kappa shape index (κ3) is 3.88. The first-order chi connectivity index (χ1) is 9.71. The van der Waals surface area contributed by atoms with Gasteiger partial charge in [0.25, 0.3) is 5.91 Å². The highest BCUT2D eigenvalue weighted by atomic mass is 32.2. The minimum atomic E-state index is -4.86. The highest BCUT2D eigenvalue weighted by Crippen LogP contribution is 2.32. The van der Waals surface area contributed by atoms with Crippen molar-refractivity contribution in [2.45, 2.75) is 18.2 Å². The van der Waals surface area contributed by atoms with E-state index in [9.17, 15) is 27.5 Å². The third-order valence-corrected chi connectivity index (χ3v) is 4.43. The summed E-state index contributed by atoms with van der Waals surface area (Å²) in [6.45, 7) is -0.0441. The predicted molar refractivity (Wildman–Crippen MR) is 70.6 cm³/mol. The largest absolute Gasteiger partial charge is 0.419 e. The second-order valence-corrected chi connectivity index (χ2v) is 6.01. The molecule has 21 heavy (non-hydrogen) atoms. The molecule has 1 saturated heterocycles. The minimum absolute atomic E-state index is 0.0441. The first-order valence-electron chi connectivity index (χ1n) is 6.16. The molecule has 1 aliphatic rings. The van der Waals surface area contributed by atoms with Crippen LogP contribution in [0.25, 0.3) is 0 Å². The Balaban J connectivity index is 2.09. The van der Waals surface area contributed by atoms with Crippen LogP contribution in [0.15, 0.2) is 18.2 Å². The van der Waals surface area contributed by atoms with E-state index in [0.717, 1.165) is 11.8 Å². The fourth-order valence-electron chi connectivity index (χ4n) is 1.97. The highest BCUT2D eigenvalue weighted by molar-refractivity contribution is 7.99. The zero-order chi connectivity index (χ0) is 15.7. The molecule has 1 unspecified atom stereocenters. The number of rotatable bonds is 3. The molecule has 8 heteroatoms. The quantitative estimate of drug-likeness (QED) is 0.840. The maximum atomic E-state index is 13.1. The Morgan fingerprint density at radius 2 is 2.14 bits per heavy atom. The van der Waals surface area contributed by atoms with Crippen LogP contribution in [0.4, 0.5) is 17.6 Å². The molecule has 116 valence electrons. The number of carbonyl (C=O) groups is 1. The van der Waals surface area contributed by atoms with Crippen molar-refractivity contribution in [1.82, 2.24) is 5.32 Å². The summed E-state index contributed by atoms with van der Waals surface area (Å²) in [6.07, 6.45) is -4.35. The number of halogens is 4. The molecule has 1 atom stereocenters. The van der Waals surface area contributed by atoms with Crippen LogP contribution in [0.1, 0.15) is 22.3 Å². The summed E-state index contributed by atoms with van der Waals surface area (Å²) in [5, 5.41) is 12.4. The number of aliphatic hydroxyl groups is 1. The Morgan fingerprint density at radius 3 is 2.71 bits per heavy atom. The maximum absolute atomic E-state index is 13.1. The Bertz CT molecular complexity index is 541. The third-order valence-electron chi connectivity index (χ3n) is 3.19. The van der Waals surface area contributed by atoms with Gasteiger partial charge < -0.3 is 10.4 Å². The Labute approximate surface area is 122 Å². The van der Waals surface area contributed by atoms with Crippen molar-refractivity contribution >= 4 is 17.7 Å². The molecule has 0 radical (unpaired) electrons. The van der Waals surface area contributed by atoms with E-state index in [4.69, 9.17) is 0 Å². The monoisotopic (exact) mass is 323 g/mol. The average molecular weight is 323 g/mol. The lowest BCUT2D eigenvalue weighted by Gasteiger charge is -2.21. The van der Waals surface area contributed by atoms with Crippen molar-refractivity contribution in [3.8, 4) is 0 Å². The van der Waals surface area contributed by atoms with E-state index in [1.54, 1.807) is 0 Å². The molecule has 1 aliphatic heterocycles. The molecule has 0 bridgehead atoms. The van der Waals surface area contributed by atoms with Gasteiger partial charge in [-0.2, -0.15) is 24.9 Å². The van der Waals surface area contributed by atoms with Crippen LogP contribution in [-0.2, 0) is 6.18 Å². The normalized spacial score (nSPS) is 22.3. The second-order valence-electron chi connectivity index (χ2n) is 4.90. The van der Waals surface area contributed by atoms with Gasteiger partial charge in [0.1, 0.15) is 5.82 Å². The van der Waals surface area contributed by atoms with Crippen molar-refractivity contribution in [3.05, 3.63) is 35.1 Å². The van der Waals surface area contributed by atoms with Crippen molar-refractivity contribution in [3.63, 3.8) is 0 Å². The molecule has 2 rings (SSSR count). The molecule has 3 nitrogen and oxygen atoms in total. The van der Waals surface area contributed by atoms with Gasteiger partial charge in [0, 0.05) is 17.9 Å². The van der Waals surface area contributed by atoms with E-state index in [-0.39, 0.29) is 12.1 Å². The molecular formula is C13H13F4NO2S. The Kier molecular flexibility index (Phi) is 4.48. The van der Waals surface area contributed by atoms with Gasteiger partial charge >= 0.3 is 6.18 Å². The van der Waals surface area contributed by atoms with E-state index in [1.807, 2.05) is 0 Å². The average Bonchev–Trinajstić information content (AvgIpc) is 2.83. The fourth-order valence-corrected chi connectivity index (χ4v) is 3.26. The lowest BCUT2D eigenvalue weighted by Crippen LogP contribution is -2.43. The first-order valence-corrected chi connectivity index (χ1v) is 7.32. The minimum Gasteiger partial charge on any atom is -0.387 e. The number of hydrogen-bond acceptors (Lipinski definition) is 3. The summed E-state index contributed by atoms with van der Waals surface area (Å²) in [5.74, 6) is -0.971. The van der Waals surface area contributed by atoms with Gasteiger partial charge in [-0.05, 0) is 30.4 Å². The summed E-state index contributed by atoms with van der Waals surface area (Å²) >= 11 is 1.54. The lowest BCUT2D eigenvalue weighted by atomic mass is 10.0. The molecule has 0 spiro atoms. The van der Waals surface area contributed by atoms with E-state index in [0.29, 0.717) is 24.3 Å². The first kappa shape index (κ1) is 16.1. The Morgan fingerprint density at radius 1 is 1.43 bits per heavy atom. The van der Waals surface area contributed by atoms with Gasteiger partial charge in [0.05, 0.1) is 11.2 Å². The topological polar surface area (TPSA) is 49.3 Å². The van der Waals surface area contributed by atoms with Gasteiger partial charge in [-0.3, -0.25) is 4.79 Å². The highest BCUT2D eigenvalue weighted by Gasteiger charge is 2.35. The Hall–Kier alpha value is -1.28. The zero-order valence-corrected chi connectivity index (χ0v) is 11.7. The summed E-state index contributed by atoms with van der Waals surface area (Å²) in [4.78, 5) is 11.8. The van der Waals surface area contributed by atoms with Crippen LogP contribution in [0.5, 0.6) is 0 Å². The summed E-state index contributed by atoms with van der Waals surface area (Å²) in [6, 6.07) is 2.06. The van der Waals surface area contributed by atoms with Gasteiger partial charge in [-0.25, -0.2) is 4.39 Å². The van der Waals surface area contributed by atoms with E-state index < -0.39 is 29.1 Å². The number of thioether (sulfide) groups is 1. The van der Waals surface area contributed by atoms with Crippen LogP contribution in [0.2, 0.25) is 0 Å². The SMILES string of the molecule is O=C(NCC1(O)CCSC1)c1ccc(F)c(C(F)(F)F)c1. The summed E-state index contributed by atoms with van der Waals surface area (Å²) < 4.78 is 50.8. The molecular weight excluding hydrogens is 310 g/mol. The number of hydrogen-bond donors (Lipinski definition) is 2. The fraction of sp³-hybridized carbons (Fsp3) is 0.462. The van der Waals surface area contributed by atoms with Crippen molar-refractivity contribution in [1.29, 1.82) is 0 Å². The van der Waals surface area contributed by atoms with Gasteiger partial charge in [0.15, 0.2) is 0 Å². The van der Waals surface area contributed by atoms with Gasteiger partial charge in [-0.1, -0.05) is 0 Å². The predicted octanol–water partition coefficient (Wildman–Crippen LogP) is 2.44. The maximum Gasteiger partial charge on any atom is 0.419 e. The van der Waals surface area contributed by atoms with Crippen LogP contribution in [-0.4, -0.2) is 34.7 Å². The molecule has 1 heterocycles. The van der Waals surface area contributed by atoms with Crippen molar-refractivity contribution in [2.75, 3.05) is 18.1 Å². The number of alkyl halides is 3. The smallest absolute Gasteiger partial charge is 0.387 e. The second kappa shape index (κ2) is 5.84. The molecule has 1 aromatic carbocycles. The van der Waals surface area contributed by atoms with Crippen LogP contribution < -0.4 is 5.32 Å². The van der Waals surface area contributed by atoms with Gasteiger partial charge in [0.2, 0.25) is 0 Å². The van der Waals surface area contributed by atoms with Crippen LogP contribution >= 0.6 is 11.8 Å². The van der Waals surface area contributed by atoms with E-state index in [2.05, 4.69) is 5.32 Å². The van der Waals surface area contributed by atoms with E-state index in [1.165, 1.54) is 11.8 Å². The number of benzene rings is 1. The van der Waals surface area contributed by atoms with Crippen LogP contribution in [0.3, 0.4) is 0 Å². The molecule has 1 aromatic rings. The van der Waals surface area contributed by atoms with Crippen LogP contribution in [0, 0.1) is 5.82 Å². The number of carbonyl (C=O) groups excluding carboxylic acids is 1. The summed E-state index contributed by atoms with van der Waals surface area (Å²) in [5.41, 5.74) is -2.81. The molecule has 1 amide bonds. The number of amides is 1. The number of nitrogens with one attached hydrogen (secondary N) is 1. The zero-order valence-electron chi connectivity index (χ0n) is 10.8. The van der Waals surface area contributed by atoms with Crippen molar-refractivity contribution in [2.24, 2.45) is 0 Å². The molecule has 2 N–H and O–H groups in total. The summed E-state index contributed by atoms with van der Waals surface area (Å²) in [7, 11) is 0. The lowest BCUT2D eigenvalue weighted by molar-refractivity contribution is -0.140. The van der Waals surface area contributed by atoms with E-state index >= 15 is 0 Å². The molecule has 0 aromatic heterocycles. The molecule has 1 fully saturated rings. The molecule has 0 aliphatic carbocycles. The molecule has 0 saturated carbocycles.